The Morgan fingerprint density at radius 2 is 1.69 bits per heavy atom. The molecule has 0 saturated carbocycles. The quantitative estimate of drug-likeness (QED) is 0.607. The first-order valence-corrected chi connectivity index (χ1v) is 5.26. The number of benzene rings is 1. The van der Waals surface area contributed by atoms with Crippen LogP contribution in [0.15, 0.2) is 35.6 Å². The van der Waals surface area contributed by atoms with Gasteiger partial charge in [-0.3, -0.25) is 0 Å². The smallest absolute Gasteiger partial charge is 0.00331 e. The summed E-state index contributed by atoms with van der Waals surface area (Å²) < 4.78 is 0. The zero-order chi connectivity index (χ0) is 12.1. The average Bonchev–Trinajstić information content (AvgIpc) is 2.28. The van der Waals surface area contributed by atoms with E-state index in [4.69, 9.17) is 0 Å². The van der Waals surface area contributed by atoms with E-state index in [0.29, 0.717) is 0 Å². The summed E-state index contributed by atoms with van der Waals surface area (Å²) in [6, 6.07) is 2.17. The zero-order valence-corrected chi connectivity index (χ0v) is 10.4. The van der Waals surface area contributed by atoms with Crippen molar-refractivity contribution < 1.29 is 0 Å². The second kappa shape index (κ2) is 5.24. The normalized spacial score (nSPS) is 8.50. The van der Waals surface area contributed by atoms with Crippen molar-refractivity contribution in [1.29, 1.82) is 0 Å². The molecule has 0 aliphatic rings. The highest BCUT2D eigenvalue weighted by Gasteiger charge is 2.04. The van der Waals surface area contributed by atoms with E-state index in [1.54, 1.807) is 0 Å². The summed E-state index contributed by atoms with van der Waals surface area (Å²) in [5, 5.41) is 0. The highest BCUT2D eigenvalue weighted by Crippen LogP contribution is 2.21. The first kappa shape index (κ1) is 12.2. The van der Waals surface area contributed by atoms with Crippen LogP contribution >= 0.6 is 0 Å². The summed E-state index contributed by atoms with van der Waals surface area (Å²) in [5.74, 6) is 0. The maximum absolute atomic E-state index is 3.41. The Kier molecular flexibility index (Phi) is 3.98. The van der Waals surface area contributed by atoms with Crippen molar-refractivity contribution in [2.45, 2.75) is 27.7 Å². The first-order chi connectivity index (χ1) is 7.57. The number of hydrogen-bond donors (Lipinski definition) is 0. The largest absolute Gasteiger partial charge is 0.0687 e. The van der Waals surface area contributed by atoms with Gasteiger partial charge < -0.3 is 0 Å². The number of aryl methyl sites for hydroxylation is 1. The summed E-state index contributed by atoms with van der Waals surface area (Å²) in [7, 11) is 0. The minimum Gasteiger partial charge on any atom is -0.0687 e. The fourth-order valence-electron chi connectivity index (χ4n) is 1.59. The van der Waals surface area contributed by atoms with Gasteiger partial charge in [0.25, 0.3) is 0 Å². The molecular weight excluding hydrogens is 192 g/mol. The Balaban J connectivity index is 3.43. The van der Waals surface area contributed by atoms with Crippen LogP contribution in [0.5, 0.6) is 0 Å². The third kappa shape index (κ3) is 2.56. The Bertz CT molecular complexity index is 563. The van der Waals surface area contributed by atoms with Crippen LogP contribution in [0.3, 0.4) is 0 Å². The van der Waals surface area contributed by atoms with Crippen LogP contribution in [0.25, 0.3) is 6.08 Å². The van der Waals surface area contributed by atoms with E-state index >= 15 is 0 Å². The maximum Gasteiger partial charge on any atom is -0.00331 e. The second-order valence-corrected chi connectivity index (χ2v) is 3.87. The van der Waals surface area contributed by atoms with Crippen LogP contribution in [0.2, 0.25) is 0 Å². The summed E-state index contributed by atoms with van der Waals surface area (Å²) in [4.78, 5) is 0. The molecule has 0 atom stereocenters. The van der Waals surface area contributed by atoms with Crippen molar-refractivity contribution in [2.24, 2.45) is 0 Å². The van der Waals surface area contributed by atoms with Crippen molar-refractivity contribution in [3.63, 3.8) is 0 Å². The Morgan fingerprint density at radius 3 is 2.31 bits per heavy atom. The fourth-order valence-corrected chi connectivity index (χ4v) is 1.59. The lowest BCUT2D eigenvalue weighted by atomic mass is 9.95. The number of hydrogen-bond acceptors (Lipinski definition) is 0. The fraction of sp³-hybridized carbons (Fsp3) is 0.250. The molecule has 0 radical (unpaired) electrons. The Hall–Kier alpha value is -1.92. The molecule has 0 aromatic heterocycles. The van der Waals surface area contributed by atoms with E-state index in [1.165, 1.54) is 27.8 Å². The molecule has 1 aromatic rings. The summed E-state index contributed by atoms with van der Waals surface area (Å²) in [5.41, 5.74) is 17.3. The predicted octanol–water partition coefficient (Wildman–Crippen LogP) is 4.18. The molecule has 0 bridgehead atoms. The molecule has 0 fully saturated rings. The minimum atomic E-state index is 1.18. The molecule has 0 aliphatic carbocycles. The van der Waals surface area contributed by atoms with Gasteiger partial charge in [0.1, 0.15) is 0 Å². The van der Waals surface area contributed by atoms with Crippen LogP contribution in [-0.2, 0) is 0 Å². The van der Waals surface area contributed by atoms with Gasteiger partial charge in [-0.2, -0.15) is 0 Å². The lowest BCUT2D eigenvalue weighted by molar-refractivity contribution is 1.21. The van der Waals surface area contributed by atoms with Crippen molar-refractivity contribution >= 4 is 6.08 Å². The van der Waals surface area contributed by atoms with E-state index in [-0.39, 0.29) is 0 Å². The Labute approximate surface area is 97.6 Å². The molecule has 0 nitrogen and oxygen atoms in total. The summed E-state index contributed by atoms with van der Waals surface area (Å²) in [6.07, 6.45) is 1.92. The van der Waals surface area contributed by atoms with Gasteiger partial charge in [0.2, 0.25) is 0 Å². The minimum absolute atomic E-state index is 1.18. The van der Waals surface area contributed by atoms with E-state index in [2.05, 4.69) is 63.3 Å². The third-order valence-corrected chi connectivity index (χ3v) is 2.97. The highest BCUT2D eigenvalue weighted by atomic mass is 14.1. The molecule has 0 saturated heterocycles. The first-order valence-electron chi connectivity index (χ1n) is 5.26. The molecule has 0 N–H and O–H groups in total. The van der Waals surface area contributed by atoms with Gasteiger partial charge in [-0.05, 0) is 79.6 Å². The van der Waals surface area contributed by atoms with Gasteiger partial charge in [0, 0.05) is 0 Å². The van der Waals surface area contributed by atoms with Gasteiger partial charge in [-0.1, -0.05) is 17.5 Å². The molecule has 1 aromatic carbocycles. The standard InChI is InChI=1S/C16H16/c1-6-7-8-9-10-16-11-12(2)13(3)14(4)15(16)5/h10-11H,1H2,2-5H3. The van der Waals surface area contributed by atoms with E-state index < -0.39 is 0 Å². The van der Waals surface area contributed by atoms with Crippen LogP contribution in [0.4, 0.5) is 0 Å². The SMILES string of the molecule is C=C=C=C=C=Cc1cc(C)c(C)c(C)c1C. The van der Waals surface area contributed by atoms with Crippen LogP contribution in [0.1, 0.15) is 27.8 Å². The molecule has 80 valence electrons. The molecule has 0 aliphatic heterocycles. The molecule has 0 amide bonds. The lowest BCUT2D eigenvalue weighted by Crippen LogP contribution is -1.93. The zero-order valence-electron chi connectivity index (χ0n) is 10.4. The average molecular weight is 208 g/mol. The maximum atomic E-state index is 3.41. The monoisotopic (exact) mass is 208 g/mol. The van der Waals surface area contributed by atoms with Gasteiger partial charge in [0.05, 0.1) is 0 Å². The molecule has 0 heterocycles. The second-order valence-electron chi connectivity index (χ2n) is 3.87. The molecule has 1 rings (SSSR count). The lowest BCUT2D eigenvalue weighted by Gasteiger charge is -2.10. The number of rotatable bonds is 1. The molecular formula is C16H16. The van der Waals surface area contributed by atoms with E-state index in [1.807, 2.05) is 6.08 Å². The van der Waals surface area contributed by atoms with Crippen molar-refractivity contribution in [3.05, 3.63) is 63.4 Å². The molecule has 16 heavy (non-hydrogen) atoms. The highest BCUT2D eigenvalue weighted by molar-refractivity contribution is 5.58. The van der Waals surface area contributed by atoms with Crippen molar-refractivity contribution in [1.82, 2.24) is 0 Å². The van der Waals surface area contributed by atoms with Gasteiger partial charge >= 0.3 is 0 Å². The molecule has 0 unspecified atom stereocenters. The van der Waals surface area contributed by atoms with Crippen LogP contribution in [-0.4, -0.2) is 0 Å². The van der Waals surface area contributed by atoms with E-state index in [9.17, 15) is 0 Å². The van der Waals surface area contributed by atoms with E-state index in [0.717, 1.165) is 0 Å². The van der Waals surface area contributed by atoms with Crippen molar-refractivity contribution in [3.8, 4) is 0 Å². The Morgan fingerprint density at radius 1 is 1.00 bits per heavy atom. The molecule has 0 spiro atoms. The topological polar surface area (TPSA) is 0 Å². The van der Waals surface area contributed by atoms with Gasteiger partial charge in [-0.25, -0.2) is 0 Å². The summed E-state index contributed by atoms with van der Waals surface area (Å²) >= 11 is 0. The predicted molar refractivity (Wildman–Crippen MR) is 69.5 cm³/mol. The van der Waals surface area contributed by atoms with Crippen molar-refractivity contribution in [2.75, 3.05) is 0 Å². The third-order valence-electron chi connectivity index (χ3n) is 2.97. The molecule has 0 heteroatoms. The van der Waals surface area contributed by atoms with Crippen LogP contribution < -0.4 is 0 Å². The summed E-state index contributed by atoms with van der Waals surface area (Å²) in [6.45, 7) is 12.0. The van der Waals surface area contributed by atoms with Crippen LogP contribution in [0, 0.1) is 27.7 Å². The van der Waals surface area contributed by atoms with Gasteiger partial charge in [0.15, 0.2) is 0 Å². The van der Waals surface area contributed by atoms with Gasteiger partial charge in [-0.15, -0.1) is 0 Å².